The third-order valence-electron chi connectivity index (χ3n) is 6.24. The third-order valence-corrected chi connectivity index (χ3v) is 6.61. The zero-order chi connectivity index (χ0) is 21.9. The fraction of sp³-hybridized carbons (Fsp3) is 0.360. The molecule has 1 aliphatic carbocycles. The monoisotopic (exact) mass is 449 g/mol. The number of nitrogens with one attached hydrogen (secondary N) is 1. The summed E-state index contributed by atoms with van der Waals surface area (Å²) >= 11 is 6.24. The zero-order valence-corrected chi connectivity index (χ0v) is 18.8. The quantitative estimate of drug-likeness (QED) is 0.582. The van der Waals surface area contributed by atoms with Gasteiger partial charge in [0.2, 0.25) is 0 Å². The second-order valence-electron chi connectivity index (χ2n) is 8.75. The largest absolute Gasteiger partial charge is 0.369 e. The van der Waals surface area contributed by atoms with E-state index >= 15 is 0 Å². The van der Waals surface area contributed by atoms with Gasteiger partial charge in [-0.05, 0) is 48.6 Å². The van der Waals surface area contributed by atoms with Crippen molar-refractivity contribution in [3.05, 3.63) is 77.1 Å². The first kappa shape index (κ1) is 21.0. The van der Waals surface area contributed by atoms with E-state index in [1.54, 1.807) is 17.1 Å². The number of hydrogen-bond donors (Lipinski definition) is 1. The average Bonchev–Trinajstić information content (AvgIpc) is 3.50. The minimum atomic E-state index is -0.165. The molecule has 3 aromatic rings. The van der Waals surface area contributed by atoms with Gasteiger partial charge in [-0.25, -0.2) is 0 Å². The molecule has 1 aliphatic heterocycles. The van der Waals surface area contributed by atoms with Crippen molar-refractivity contribution in [1.29, 1.82) is 0 Å². The van der Waals surface area contributed by atoms with Gasteiger partial charge in [0, 0.05) is 55.3 Å². The molecule has 7 heteroatoms. The summed E-state index contributed by atoms with van der Waals surface area (Å²) in [5.41, 5.74) is 3.44. The molecule has 0 bridgehead atoms. The first-order valence-corrected chi connectivity index (χ1v) is 11.7. The van der Waals surface area contributed by atoms with Crippen molar-refractivity contribution in [2.75, 3.05) is 42.9 Å². The second kappa shape index (κ2) is 9.35. The van der Waals surface area contributed by atoms with Crippen LogP contribution in [-0.4, -0.2) is 53.3 Å². The number of hydrogen-bond acceptors (Lipinski definition) is 4. The van der Waals surface area contributed by atoms with Crippen molar-refractivity contribution in [2.45, 2.75) is 19.4 Å². The van der Waals surface area contributed by atoms with Crippen LogP contribution in [0.1, 0.15) is 28.8 Å². The predicted molar refractivity (Wildman–Crippen MR) is 129 cm³/mol. The number of anilines is 2. The Morgan fingerprint density at radius 2 is 1.88 bits per heavy atom. The van der Waals surface area contributed by atoms with Gasteiger partial charge in [0.05, 0.1) is 18.3 Å². The van der Waals surface area contributed by atoms with Crippen molar-refractivity contribution in [2.24, 2.45) is 5.92 Å². The topological polar surface area (TPSA) is 53.4 Å². The highest BCUT2D eigenvalue weighted by atomic mass is 35.5. The molecular formula is C25H28ClN5O. The van der Waals surface area contributed by atoms with E-state index in [1.807, 2.05) is 36.4 Å². The molecule has 1 N–H and O–H groups in total. The van der Waals surface area contributed by atoms with E-state index in [0.717, 1.165) is 49.0 Å². The van der Waals surface area contributed by atoms with Crippen LogP contribution in [0.5, 0.6) is 0 Å². The summed E-state index contributed by atoms with van der Waals surface area (Å²) in [5, 5.41) is 8.03. The van der Waals surface area contributed by atoms with Gasteiger partial charge in [-0.2, -0.15) is 5.10 Å². The second-order valence-corrected chi connectivity index (χ2v) is 9.16. The highest BCUT2D eigenvalue weighted by Crippen LogP contribution is 2.30. The van der Waals surface area contributed by atoms with Gasteiger partial charge >= 0.3 is 0 Å². The van der Waals surface area contributed by atoms with Crippen molar-refractivity contribution in [3.8, 4) is 0 Å². The molecule has 0 atom stereocenters. The number of piperazine rings is 1. The van der Waals surface area contributed by atoms with Gasteiger partial charge in [0.15, 0.2) is 0 Å². The molecule has 166 valence electrons. The van der Waals surface area contributed by atoms with Gasteiger partial charge in [-0.15, -0.1) is 0 Å². The first-order chi connectivity index (χ1) is 15.6. The molecule has 1 aromatic heterocycles. The van der Waals surface area contributed by atoms with E-state index in [4.69, 9.17) is 11.6 Å². The standard InChI is InChI=1S/C25H28ClN5O/c26-24-7-2-1-4-20(24)17-31-18-21(15-27-31)25(32)28-22-5-3-6-23(14-22)30-12-10-29(11-13-30)16-19-8-9-19/h1-7,14-15,18-19H,8-13,16-17H2,(H,28,32). The van der Waals surface area contributed by atoms with E-state index in [9.17, 15) is 4.79 Å². The van der Waals surface area contributed by atoms with Crippen LogP contribution in [0.25, 0.3) is 0 Å². The lowest BCUT2D eigenvalue weighted by Gasteiger charge is -2.36. The van der Waals surface area contributed by atoms with Gasteiger partial charge in [0.25, 0.3) is 5.91 Å². The van der Waals surface area contributed by atoms with Crippen LogP contribution >= 0.6 is 11.6 Å². The number of nitrogens with zero attached hydrogens (tertiary/aromatic N) is 4. The fourth-order valence-corrected chi connectivity index (χ4v) is 4.40. The molecule has 1 amide bonds. The summed E-state index contributed by atoms with van der Waals surface area (Å²) in [5.74, 6) is 0.774. The molecule has 0 radical (unpaired) electrons. The van der Waals surface area contributed by atoms with Crippen molar-refractivity contribution >= 4 is 28.9 Å². The molecule has 0 unspecified atom stereocenters. The molecular weight excluding hydrogens is 422 g/mol. The lowest BCUT2D eigenvalue weighted by atomic mass is 10.2. The molecule has 6 nitrogen and oxygen atoms in total. The van der Waals surface area contributed by atoms with Crippen LogP contribution in [-0.2, 0) is 6.54 Å². The summed E-state index contributed by atoms with van der Waals surface area (Å²) in [6.45, 7) is 6.05. The lowest BCUT2D eigenvalue weighted by Crippen LogP contribution is -2.47. The number of halogens is 1. The Hall–Kier alpha value is -2.83. The molecule has 2 fully saturated rings. The van der Waals surface area contributed by atoms with E-state index < -0.39 is 0 Å². The normalized spacial score (nSPS) is 16.8. The molecule has 5 rings (SSSR count). The van der Waals surface area contributed by atoms with Crippen LogP contribution in [0, 0.1) is 5.92 Å². The number of aromatic nitrogens is 2. The minimum absolute atomic E-state index is 0.165. The van der Waals surface area contributed by atoms with Crippen LogP contribution in [0.3, 0.4) is 0 Å². The van der Waals surface area contributed by atoms with E-state index in [-0.39, 0.29) is 5.91 Å². The van der Waals surface area contributed by atoms with Crippen LogP contribution in [0.4, 0.5) is 11.4 Å². The molecule has 2 heterocycles. The maximum atomic E-state index is 12.8. The summed E-state index contributed by atoms with van der Waals surface area (Å²) in [4.78, 5) is 17.8. The van der Waals surface area contributed by atoms with Crippen molar-refractivity contribution in [3.63, 3.8) is 0 Å². The summed E-state index contributed by atoms with van der Waals surface area (Å²) in [7, 11) is 0. The molecule has 1 saturated carbocycles. The van der Waals surface area contributed by atoms with Gasteiger partial charge in [0.1, 0.15) is 0 Å². The van der Waals surface area contributed by atoms with Crippen molar-refractivity contribution < 1.29 is 4.79 Å². The summed E-state index contributed by atoms with van der Waals surface area (Å²) < 4.78 is 1.73. The summed E-state index contributed by atoms with van der Waals surface area (Å²) in [6.07, 6.45) is 6.15. The van der Waals surface area contributed by atoms with Crippen molar-refractivity contribution in [1.82, 2.24) is 14.7 Å². The van der Waals surface area contributed by atoms with Crippen LogP contribution < -0.4 is 10.2 Å². The number of benzene rings is 2. The minimum Gasteiger partial charge on any atom is -0.369 e. The molecule has 0 spiro atoms. The SMILES string of the molecule is O=C(Nc1cccc(N2CCN(CC3CC3)CC2)c1)c1cnn(Cc2ccccc2Cl)c1. The maximum absolute atomic E-state index is 12.8. The van der Waals surface area contributed by atoms with E-state index in [2.05, 4.69) is 32.3 Å². The highest BCUT2D eigenvalue weighted by molar-refractivity contribution is 6.31. The van der Waals surface area contributed by atoms with Crippen LogP contribution in [0.15, 0.2) is 60.9 Å². The van der Waals surface area contributed by atoms with Gasteiger partial charge < -0.3 is 10.2 Å². The van der Waals surface area contributed by atoms with E-state index in [1.165, 1.54) is 19.4 Å². The smallest absolute Gasteiger partial charge is 0.258 e. The Kier molecular flexibility index (Phi) is 6.14. The third kappa shape index (κ3) is 5.14. The Labute approximate surface area is 193 Å². The Bertz CT molecular complexity index is 1090. The molecule has 2 aromatic carbocycles. The highest BCUT2D eigenvalue weighted by Gasteiger charge is 2.26. The number of carbonyl (C=O) groups is 1. The van der Waals surface area contributed by atoms with Gasteiger partial charge in [-0.1, -0.05) is 35.9 Å². The zero-order valence-electron chi connectivity index (χ0n) is 18.1. The summed E-state index contributed by atoms with van der Waals surface area (Å²) in [6, 6.07) is 15.8. The Balaban J connectivity index is 1.19. The van der Waals surface area contributed by atoms with E-state index in [0.29, 0.717) is 17.1 Å². The maximum Gasteiger partial charge on any atom is 0.258 e. The lowest BCUT2D eigenvalue weighted by molar-refractivity contribution is 0.102. The van der Waals surface area contributed by atoms with Crippen LogP contribution in [0.2, 0.25) is 5.02 Å². The average molecular weight is 450 g/mol. The number of amides is 1. The molecule has 32 heavy (non-hydrogen) atoms. The Morgan fingerprint density at radius 3 is 2.66 bits per heavy atom. The first-order valence-electron chi connectivity index (χ1n) is 11.3. The molecule has 1 saturated heterocycles. The number of carbonyl (C=O) groups excluding carboxylic acids is 1. The number of rotatable bonds is 7. The Morgan fingerprint density at radius 1 is 1.06 bits per heavy atom. The van der Waals surface area contributed by atoms with Gasteiger partial charge in [-0.3, -0.25) is 14.4 Å². The predicted octanol–water partition coefficient (Wildman–Crippen LogP) is 4.37. The molecule has 2 aliphatic rings. The fourth-order valence-electron chi connectivity index (χ4n) is 4.21.